The Morgan fingerprint density at radius 3 is 2.86 bits per heavy atom. The van der Waals surface area contributed by atoms with Gasteiger partial charge in [0.15, 0.2) is 0 Å². The van der Waals surface area contributed by atoms with Crippen molar-refractivity contribution in [2.75, 3.05) is 20.3 Å². The number of benzene rings is 1. The molecule has 1 aliphatic heterocycles. The minimum Gasteiger partial charge on any atom is -0.469 e. The van der Waals surface area contributed by atoms with Gasteiger partial charge in [-0.2, -0.15) is 0 Å². The predicted molar refractivity (Wildman–Crippen MR) is 77.9 cm³/mol. The van der Waals surface area contributed by atoms with E-state index in [1.807, 2.05) is 6.07 Å². The first-order valence-corrected chi connectivity index (χ1v) is 7.19. The number of carbonyl (C=O) groups is 2. The van der Waals surface area contributed by atoms with E-state index < -0.39 is 12.0 Å². The van der Waals surface area contributed by atoms with E-state index in [4.69, 9.17) is 21.1 Å². The fourth-order valence-electron chi connectivity index (χ4n) is 2.28. The molecule has 1 amide bonds. The normalized spacial score (nSPS) is 19.0. The Balaban J connectivity index is 2.13. The fourth-order valence-corrected chi connectivity index (χ4v) is 2.54. The van der Waals surface area contributed by atoms with Crippen LogP contribution in [0.1, 0.15) is 24.4 Å². The number of hydrogen-bond donors (Lipinski definition) is 1. The molecule has 6 heteroatoms. The Kier molecular flexibility index (Phi) is 5.59. The van der Waals surface area contributed by atoms with Gasteiger partial charge in [-0.25, -0.2) is 0 Å². The molecule has 1 saturated heterocycles. The molecule has 1 aromatic rings. The van der Waals surface area contributed by atoms with Crippen LogP contribution in [0.4, 0.5) is 0 Å². The highest BCUT2D eigenvalue weighted by molar-refractivity contribution is 6.31. The lowest BCUT2D eigenvalue weighted by Gasteiger charge is -2.21. The second kappa shape index (κ2) is 7.43. The van der Waals surface area contributed by atoms with E-state index in [-0.39, 0.29) is 18.2 Å². The van der Waals surface area contributed by atoms with Crippen LogP contribution in [0.15, 0.2) is 24.3 Å². The Morgan fingerprint density at radius 2 is 2.24 bits per heavy atom. The average Bonchev–Trinajstić information content (AvgIpc) is 3.01. The van der Waals surface area contributed by atoms with Crippen LogP contribution in [0.25, 0.3) is 0 Å². The standard InChI is InChI=1S/C15H18ClNO4/c1-20-14(18)8-13(11-4-2-3-5-12(11)16)17-15(19)10-6-7-21-9-10/h2-5,10,13H,6-9H2,1H3,(H,17,19). The molecule has 2 unspecified atom stereocenters. The van der Waals surface area contributed by atoms with Crippen molar-refractivity contribution in [1.29, 1.82) is 0 Å². The lowest BCUT2D eigenvalue weighted by Crippen LogP contribution is -2.35. The van der Waals surface area contributed by atoms with Gasteiger partial charge in [-0.1, -0.05) is 29.8 Å². The maximum Gasteiger partial charge on any atom is 0.307 e. The van der Waals surface area contributed by atoms with Gasteiger partial charge in [-0.05, 0) is 18.1 Å². The van der Waals surface area contributed by atoms with E-state index in [0.717, 1.165) is 0 Å². The number of amides is 1. The third-order valence-corrected chi connectivity index (χ3v) is 3.84. The molecule has 114 valence electrons. The van der Waals surface area contributed by atoms with Crippen LogP contribution in [0.3, 0.4) is 0 Å². The number of hydrogen-bond acceptors (Lipinski definition) is 4. The molecule has 2 atom stereocenters. The van der Waals surface area contributed by atoms with E-state index in [2.05, 4.69) is 5.32 Å². The molecule has 2 rings (SSSR count). The van der Waals surface area contributed by atoms with Gasteiger partial charge in [-0.15, -0.1) is 0 Å². The molecule has 0 aliphatic carbocycles. The van der Waals surface area contributed by atoms with Crippen LogP contribution >= 0.6 is 11.6 Å². The van der Waals surface area contributed by atoms with Crippen molar-refractivity contribution < 1.29 is 19.1 Å². The summed E-state index contributed by atoms with van der Waals surface area (Å²) in [6, 6.07) is 6.64. The first-order chi connectivity index (χ1) is 10.1. The number of rotatable bonds is 5. The highest BCUT2D eigenvalue weighted by Gasteiger charge is 2.27. The molecular formula is C15H18ClNO4. The smallest absolute Gasteiger partial charge is 0.307 e. The number of ether oxygens (including phenoxy) is 2. The number of carbonyl (C=O) groups excluding carboxylic acids is 2. The van der Waals surface area contributed by atoms with Gasteiger partial charge < -0.3 is 14.8 Å². The maximum absolute atomic E-state index is 12.2. The van der Waals surface area contributed by atoms with Gasteiger partial charge >= 0.3 is 5.97 Å². The Morgan fingerprint density at radius 1 is 1.48 bits per heavy atom. The second-order valence-electron chi connectivity index (χ2n) is 4.92. The van der Waals surface area contributed by atoms with Gasteiger partial charge in [0.2, 0.25) is 5.91 Å². The van der Waals surface area contributed by atoms with Gasteiger partial charge in [0.05, 0.1) is 32.1 Å². The summed E-state index contributed by atoms with van der Waals surface area (Å²) in [6.07, 6.45) is 0.735. The third-order valence-electron chi connectivity index (χ3n) is 3.50. The monoisotopic (exact) mass is 311 g/mol. The molecule has 0 bridgehead atoms. The van der Waals surface area contributed by atoms with E-state index in [9.17, 15) is 9.59 Å². The summed E-state index contributed by atoms with van der Waals surface area (Å²) in [5.41, 5.74) is 0.705. The van der Waals surface area contributed by atoms with Gasteiger partial charge in [0.25, 0.3) is 0 Å². The summed E-state index contributed by atoms with van der Waals surface area (Å²) < 4.78 is 9.90. The summed E-state index contributed by atoms with van der Waals surface area (Å²) in [6.45, 7) is 1.01. The Labute approximate surface area is 128 Å². The number of halogens is 1. The molecule has 1 aliphatic rings. The zero-order chi connectivity index (χ0) is 15.2. The third kappa shape index (κ3) is 4.19. The van der Waals surface area contributed by atoms with Crippen molar-refractivity contribution in [2.45, 2.75) is 18.9 Å². The topological polar surface area (TPSA) is 64.6 Å². The van der Waals surface area contributed by atoms with Crippen molar-refractivity contribution in [3.05, 3.63) is 34.9 Å². The van der Waals surface area contributed by atoms with Crippen LogP contribution in [-0.4, -0.2) is 32.2 Å². The van der Waals surface area contributed by atoms with Crippen molar-refractivity contribution in [3.63, 3.8) is 0 Å². The minimum atomic E-state index is -0.501. The summed E-state index contributed by atoms with van der Waals surface area (Å²) in [4.78, 5) is 23.8. The minimum absolute atomic E-state index is 0.0412. The van der Waals surface area contributed by atoms with Gasteiger partial charge in [0, 0.05) is 11.6 Å². The summed E-state index contributed by atoms with van der Waals surface area (Å²) in [7, 11) is 1.32. The average molecular weight is 312 g/mol. The van der Waals surface area contributed by atoms with Crippen LogP contribution in [0, 0.1) is 5.92 Å². The lowest BCUT2D eigenvalue weighted by molar-refractivity contribution is -0.141. The fraction of sp³-hybridized carbons (Fsp3) is 0.467. The summed E-state index contributed by atoms with van der Waals surface area (Å²) >= 11 is 6.16. The molecule has 0 aromatic heterocycles. The Hall–Kier alpha value is -1.59. The zero-order valence-electron chi connectivity index (χ0n) is 11.8. The molecule has 5 nitrogen and oxygen atoms in total. The van der Waals surface area contributed by atoms with Crippen molar-refractivity contribution in [3.8, 4) is 0 Å². The molecule has 1 heterocycles. The molecule has 0 spiro atoms. The molecule has 0 saturated carbocycles. The van der Waals surface area contributed by atoms with Gasteiger partial charge in [0.1, 0.15) is 0 Å². The molecule has 1 aromatic carbocycles. The molecule has 1 fully saturated rings. The predicted octanol–water partition coefficient (Wildman–Crippen LogP) is 2.10. The van der Waals surface area contributed by atoms with E-state index in [0.29, 0.717) is 30.2 Å². The van der Waals surface area contributed by atoms with E-state index >= 15 is 0 Å². The van der Waals surface area contributed by atoms with Crippen LogP contribution in [0.2, 0.25) is 5.02 Å². The highest BCUT2D eigenvalue weighted by atomic mass is 35.5. The van der Waals surface area contributed by atoms with E-state index in [1.54, 1.807) is 18.2 Å². The van der Waals surface area contributed by atoms with Crippen LogP contribution in [-0.2, 0) is 19.1 Å². The Bertz CT molecular complexity index is 514. The summed E-state index contributed by atoms with van der Waals surface area (Å²) in [5.74, 6) is -0.697. The molecule has 21 heavy (non-hydrogen) atoms. The van der Waals surface area contributed by atoms with Crippen LogP contribution < -0.4 is 5.32 Å². The van der Waals surface area contributed by atoms with E-state index in [1.165, 1.54) is 7.11 Å². The highest BCUT2D eigenvalue weighted by Crippen LogP contribution is 2.26. The SMILES string of the molecule is COC(=O)CC(NC(=O)C1CCOC1)c1ccccc1Cl. The molecule has 0 radical (unpaired) electrons. The summed E-state index contributed by atoms with van der Waals surface area (Å²) in [5, 5.41) is 3.39. The zero-order valence-corrected chi connectivity index (χ0v) is 12.6. The number of nitrogens with one attached hydrogen (secondary N) is 1. The first-order valence-electron chi connectivity index (χ1n) is 6.81. The van der Waals surface area contributed by atoms with Gasteiger partial charge in [-0.3, -0.25) is 9.59 Å². The quantitative estimate of drug-likeness (QED) is 0.846. The first kappa shape index (κ1) is 15.8. The largest absolute Gasteiger partial charge is 0.469 e. The van der Waals surface area contributed by atoms with Crippen molar-refractivity contribution in [2.24, 2.45) is 5.92 Å². The lowest BCUT2D eigenvalue weighted by atomic mass is 10.0. The molecule has 1 N–H and O–H groups in total. The van der Waals surface area contributed by atoms with Crippen molar-refractivity contribution in [1.82, 2.24) is 5.32 Å². The van der Waals surface area contributed by atoms with Crippen LogP contribution in [0.5, 0.6) is 0 Å². The second-order valence-corrected chi connectivity index (χ2v) is 5.33. The number of esters is 1. The molecular weight excluding hydrogens is 294 g/mol. The van der Waals surface area contributed by atoms with Crippen molar-refractivity contribution >= 4 is 23.5 Å². The maximum atomic E-state index is 12.2. The number of methoxy groups -OCH3 is 1.